The molecule has 0 amide bonds. The lowest BCUT2D eigenvalue weighted by atomic mass is 9.85. The first-order valence-electron chi connectivity index (χ1n) is 4.23. The standard InChI is InChI=1S/C9H16O5/c1-6(13-3)5-9(2,7(10)11)8(12)14-4/h6H,5H2,1-4H3,(H,10,11). The summed E-state index contributed by atoms with van der Waals surface area (Å²) in [7, 11) is 2.63. The zero-order chi connectivity index (χ0) is 11.4. The highest BCUT2D eigenvalue weighted by Crippen LogP contribution is 2.26. The minimum atomic E-state index is -1.54. The van der Waals surface area contributed by atoms with Gasteiger partial charge in [-0.25, -0.2) is 0 Å². The molecule has 0 spiro atoms. The van der Waals surface area contributed by atoms with Gasteiger partial charge in [-0.1, -0.05) is 0 Å². The normalized spacial score (nSPS) is 16.9. The van der Waals surface area contributed by atoms with Crippen molar-refractivity contribution < 1.29 is 24.2 Å². The number of rotatable bonds is 5. The van der Waals surface area contributed by atoms with Gasteiger partial charge >= 0.3 is 11.9 Å². The summed E-state index contributed by atoms with van der Waals surface area (Å²) in [5.41, 5.74) is -1.54. The maximum Gasteiger partial charge on any atom is 0.323 e. The number of carbonyl (C=O) groups excluding carboxylic acids is 1. The molecule has 0 saturated carbocycles. The van der Waals surface area contributed by atoms with E-state index in [0.717, 1.165) is 0 Å². The van der Waals surface area contributed by atoms with Crippen molar-refractivity contribution in [2.75, 3.05) is 14.2 Å². The predicted octanol–water partition coefficient (Wildman–Crippen LogP) is 0.675. The number of carboxylic acids is 1. The fraction of sp³-hybridized carbons (Fsp3) is 0.778. The van der Waals surface area contributed by atoms with Gasteiger partial charge in [0, 0.05) is 7.11 Å². The van der Waals surface area contributed by atoms with Crippen LogP contribution in [0.15, 0.2) is 0 Å². The highest BCUT2D eigenvalue weighted by atomic mass is 16.5. The van der Waals surface area contributed by atoms with Crippen molar-refractivity contribution in [1.82, 2.24) is 0 Å². The Morgan fingerprint density at radius 3 is 2.21 bits per heavy atom. The second-order valence-corrected chi connectivity index (χ2v) is 3.38. The molecule has 0 aromatic carbocycles. The minimum absolute atomic E-state index is 0.0888. The van der Waals surface area contributed by atoms with Crippen LogP contribution in [-0.2, 0) is 19.1 Å². The Morgan fingerprint density at radius 1 is 1.43 bits per heavy atom. The van der Waals surface area contributed by atoms with E-state index in [0.29, 0.717) is 0 Å². The fourth-order valence-electron chi connectivity index (χ4n) is 1.14. The van der Waals surface area contributed by atoms with Crippen LogP contribution >= 0.6 is 0 Å². The molecule has 2 unspecified atom stereocenters. The lowest BCUT2D eigenvalue weighted by molar-refractivity contribution is -0.168. The SMILES string of the molecule is COC(=O)C(C)(CC(C)OC)C(=O)O. The van der Waals surface area contributed by atoms with Crippen molar-refractivity contribution in [1.29, 1.82) is 0 Å². The van der Waals surface area contributed by atoms with E-state index in [1.807, 2.05) is 0 Å². The Labute approximate surface area is 83.0 Å². The molecular weight excluding hydrogens is 188 g/mol. The van der Waals surface area contributed by atoms with Gasteiger partial charge in [0.2, 0.25) is 0 Å². The van der Waals surface area contributed by atoms with E-state index < -0.39 is 17.4 Å². The Bertz CT molecular complexity index is 225. The second kappa shape index (κ2) is 4.95. The molecular formula is C9H16O5. The topological polar surface area (TPSA) is 72.8 Å². The van der Waals surface area contributed by atoms with E-state index in [1.165, 1.54) is 21.1 Å². The second-order valence-electron chi connectivity index (χ2n) is 3.38. The average molecular weight is 204 g/mol. The van der Waals surface area contributed by atoms with Crippen molar-refractivity contribution >= 4 is 11.9 Å². The largest absolute Gasteiger partial charge is 0.480 e. The van der Waals surface area contributed by atoms with Crippen molar-refractivity contribution in [3.63, 3.8) is 0 Å². The summed E-state index contributed by atoms with van der Waals surface area (Å²) in [6, 6.07) is 0. The van der Waals surface area contributed by atoms with E-state index in [9.17, 15) is 9.59 Å². The molecule has 0 saturated heterocycles. The van der Waals surface area contributed by atoms with Gasteiger partial charge in [0.25, 0.3) is 0 Å². The molecule has 0 aromatic rings. The lowest BCUT2D eigenvalue weighted by Crippen LogP contribution is -2.40. The van der Waals surface area contributed by atoms with Gasteiger partial charge in [-0.3, -0.25) is 9.59 Å². The van der Waals surface area contributed by atoms with Crippen LogP contribution in [0.4, 0.5) is 0 Å². The number of aliphatic carboxylic acids is 1. The summed E-state index contributed by atoms with van der Waals surface area (Å²) in [6.07, 6.45) is -0.221. The Hall–Kier alpha value is -1.10. The van der Waals surface area contributed by atoms with E-state index in [-0.39, 0.29) is 12.5 Å². The zero-order valence-electron chi connectivity index (χ0n) is 8.86. The molecule has 0 fully saturated rings. The summed E-state index contributed by atoms with van der Waals surface area (Å²) in [5.74, 6) is -1.96. The fourth-order valence-corrected chi connectivity index (χ4v) is 1.14. The quantitative estimate of drug-likeness (QED) is 0.526. The smallest absolute Gasteiger partial charge is 0.323 e. The first-order chi connectivity index (χ1) is 6.38. The van der Waals surface area contributed by atoms with Gasteiger partial charge in [-0.2, -0.15) is 0 Å². The van der Waals surface area contributed by atoms with Gasteiger partial charge in [0.15, 0.2) is 5.41 Å². The maximum absolute atomic E-state index is 11.3. The molecule has 0 aliphatic heterocycles. The number of hydrogen-bond acceptors (Lipinski definition) is 4. The summed E-state index contributed by atoms with van der Waals surface area (Å²) in [4.78, 5) is 22.2. The first kappa shape index (κ1) is 12.9. The molecule has 1 N–H and O–H groups in total. The third-order valence-corrected chi connectivity index (χ3v) is 2.21. The molecule has 0 rings (SSSR count). The lowest BCUT2D eigenvalue weighted by Gasteiger charge is -2.24. The van der Waals surface area contributed by atoms with Crippen molar-refractivity contribution in [3.05, 3.63) is 0 Å². The van der Waals surface area contributed by atoms with Gasteiger partial charge in [0.05, 0.1) is 13.2 Å². The first-order valence-corrected chi connectivity index (χ1v) is 4.23. The molecule has 2 atom stereocenters. The number of methoxy groups -OCH3 is 2. The summed E-state index contributed by atoms with van der Waals surface area (Å²) in [5, 5.41) is 8.92. The third kappa shape index (κ3) is 2.70. The molecule has 0 radical (unpaired) electrons. The monoisotopic (exact) mass is 204 g/mol. The number of ether oxygens (including phenoxy) is 2. The maximum atomic E-state index is 11.3. The van der Waals surface area contributed by atoms with E-state index >= 15 is 0 Å². The van der Waals surface area contributed by atoms with Crippen LogP contribution < -0.4 is 0 Å². The highest BCUT2D eigenvalue weighted by Gasteiger charge is 2.43. The van der Waals surface area contributed by atoms with E-state index in [1.54, 1.807) is 6.92 Å². The molecule has 0 aromatic heterocycles. The summed E-state index contributed by atoms with van der Waals surface area (Å²) < 4.78 is 9.37. The Morgan fingerprint density at radius 2 is 1.93 bits per heavy atom. The summed E-state index contributed by atoms with van der Waals surface area (Å²) in [6.45, 7) is 3.03. The van der Waals surface area contributed by atoms with Crippen molar-refractivity contribution in [3.8, 4) is 0 Å². The zero-order valence-corrected chi connectivity index (χ0v) is 8.86. The van der Waals surface area contributed by atoms with Crippen LogP contribution in [0.3, 0.4) is 0 Å². The third-order valence-electron chi connectivity index (χ3n) is 2.21. The molecule has 0 heterocycles. The summed E-state index contributed by atoms with van der Waals surface area (Å²) >= 11 is 0. The van der Waals surface area contributed by atoms with Crippen LogP contribution in [0.1, 0.15) is 20.3 Å². The predicted molar refractivity (Wildman–Crippen MR) is 48.8 cm³/mol. The number of hydrogen-bond donors (Lipinski definition) is 1. The molecule has 5 heteroatoms. The Balaban J connectivity index is 4.73. The van der Waals surface area contributed by atoms with E-state index in [2.05, 4.69) is 4.74 Å². The van der Waals surface area contributed by atoms with Crippen LogP contribution in [0.25, 0.3) is 0 Å². The van der Waals surface area contributed by atoms with Crippen LogP contribution in [0.5, 0.6) is 0 Å². The van der Waals surface area contributed by atoms with Crippen molar-refractivity contribution in [2.24, 2.45) is 5.41 Å². The van der Waals surface area contributed by atoms with E-state index in [4.69, 9.17) is 9.84 Å². The molecule has 82 valence electrons. The number of esters is 1. The van der Waals surface area contributed by atoms with Crippen LogP contribution in [0.2, 0.25) is 0 Å². The molecule has 14 heavy (non-hydrogen) atoms. The number of carbonyl (C=O) groups is 2. The molecule has 0 aliphatic carbocycles. The number of carboxylic acid groups (broad SMARTS) is 1. The van der Waals surface area contributed by atoms with Gasteiger partial charge in [0.1, 0.15) is 0 Å². The molecule has 0 aliphatic rings. The molecule has 5 nitrogen and oxygen atoms in total. The Kier molecular flexibility index (Phi) is 4.56. The average Bonchev–Trinajstić information content (AvgIpc) is 2.15. The van der Waals surface area contributed by atoms with Gasteiger partial charge in [-0.15, -0.1) is 0 Å². The van der Waals surface area contributed by atoms with Crippen LogP contribution in [-0.4, -0.2) is 37.4 Å². The molecule has 0 bridgehead atoms. The van der Waals surface area contributed by atoms with Crippen LogP contribution in [0, 0.1) is 5.41 Å². The highest BCUT2D eigenvalue weighted by molar-refractivity contribution is 5.98. The minimum Gasteiger partial charge on any atom is -0.480 e. The van der Waals surface area contributed by atoms with Gasteiger partial charge < -0.3 is 14.6 Å². The van der Waals surface area contributed by atoms with Gasteiger partial charge in [-0.05, 0) is 20.3 Å². The van der Waals surface area contributed by atoms with Crippen molar-refractivity contribution in [2.45, 2.75) is 26.4 Å².